The van der Waals surface area contributed by atoms with Gasteiger partial charge in [0.05, 0.1) is 18.8 Å². The zero-order valence-corrected chi connectivity index (χ0v) is 10.6. The fourth-order valence-electron chi connectivity index (χ4n) is 1.26. The molecule has 3 N–H and O–H groups in total. The van der Waals surface area contributed by atoms with Crippen molar-refractivity contribution in [2.75, 3.05) is 5.32 Å². The van der Waals surface area contributed by atoms with Crippen LogP contribution in [0.25, 0.3) is 0 Å². The topological polar surface area (TPSA) is 64.3 Å². The number of nitrogens with one attached hydrogen (secondary N) is 1. The summed E-state index contributed by atoms with van der Waals surface area (Å²) in [6.45, 7) is 6.17. The van der Waals surface area contributed by atoms with Gasteiger partial charge in [0.25, 0.3) is 0 Å². The van der Waals surface area contributed by atoms with Crippen LogP contribution >= 0.6 is 0 Å². The smallest absolute Gasteiger partial charge is 0.240 e. The molecule has 1 rings (SSSR count). The van der Waals surface area contributed by atoms with Crippen LogP contribution in [0.4, 0.5) is 5.69 Å². The van der Waals surface area contributed by atoms with Crippen molar-refractivity contribution in [2.24, 2.45) is 5.73 Å². The maximum absolute atomic E-state index is 11.4. The monoisotopic (exact) mass is 236 g/mol. The number of hydrogen-bond acceptors (Lipinski definition) is 3. The highest BCUT2D eigenvalue weighted by Gasteiger charge is 2.07. The van der Waals surface area contributed by atoms with Crippen molar-refractivity contribution in [1.82, 2.24) is 0 Å². The molecule has 1 aromatic carbocycles. The normalized spacial score (nSPS) is 12.5. The highest BCUT2D eigenvalue weighted by Crippen LogP contribution is 2.12. The van der Waals surface area contributed by atoms with Crippen molar-refractivity contribution in [3.05, 3.63) is 29.8 Å². The number of carbonyl (C=O) groups is 1. The molecule has 4 heteroatoms. The molecule has 0 saturated carbocycles. The summed E-state index contributed by atoms with van der Waals surface area (Å²) in [4.78, 5) is 11.4. The molecule has 0 aliphatic rings. The van der Waals surface area contributed by atoms with Crippen LogP contribution in [0.2, 0.25) is 0 Å². The predicted octanol–water partition coefficient (Wildman–Crippen LogP) is 1.90. The molecule has 0 aromatic heterocycles. The van der Waals surface area contributed by atoms with E-state index in [1.54, 1.807) is 6.92 Å². The third kappa shape index (κ3) is 4.97. The van der Waals surface area contributed by atoms with E-state index in [-0.39, 0.29) is 12.0 Å². The molecule has 0 aliphatic heterocycles. The van der Waals surface area contributed by atoms with Crippen LogP contribution in [0, 0.1) is 0 Å². The zero-order valence-electron chi connectivity index (χ0n) is 10.6. The van der Waals surface area contributed by atoms with Gasteiger partial charge in [0, 0.05) is 5.69 Å². The summed E-state index contributed by atoms with van der Waals surface area (Å²) in [5.74, 6) is -0.188. The second-order valence-corrected chi connectivity index (χ2v) is 4.34. The summed E-state index contributed by atoms with van der Waals surface area (Å²) in [7, 11) is 0. The molecule has 1 amide bonds. The number of benzene rings is 1. The Labute approximate surface area is 102 Å². The lowest BCUT2D eigenvalue weighted by molar-refractivity contribution is -0.117. The van der Waals surface area contributed by atoms with Gasteiger partial charge in [-0.2, -0.15) is 0 Å². The second kappa shape index (κ2) is 6.37. The van der Waals surface area contributed by atoms with E-state index >= 15 is 0 Å². The molecule has 0 saturated heterocycles. The van der Waals surface area contributed by atoms with Crippen molar-refractivity contribution in [3.8, 4) is 0 Å². The molecule has 94 valence electrons. The number of hydrogen-bond donors (Lipinski definition) is 2. The number of rotatable bonds is 5. The lowest BCUT2D eigenvalue weighted by Crippen LogP contribution is -2.32. The largest absolute Gasteiger partial charge is 0.374 e. The first-order valence-corrected chi connectivity index (χ1v) is 5.76. The van der Waals surface area contributed by atoms with Crippen LogP contribution in [-0.4, -0.2) is 18.1 Å². The number of amides is 1. The Morgan fingerprint density at radius 1 is 1.41 bits per heavy atom. The standard InChI is InChI=1S/C13H20N2O2/c1-9(2)17-8-11-5-4-6-12(7-11)15-13(16)10(3)14/h4-7,9-10H,8,14H2,1-3H3,(H,15,16)/t10-/m1/s1. The summed E-state index contributed by atoms with van der Waals surface area (Å²) >= 11 is 0. The number of anilines is 1. The number of ether oxygens (including phenoxy) is 1. The van der Waals surface area contributed by atoms with E-state index in [1.165, 1.54) is 0 Å². The van der Waals surface area contributed by atoms with Crippen molar-refractivity contribution >= 4 is 11.6 Å². The van der Waals surface area contributed by atoms with Gasteiger partial charge in [-0.15, -0.1) is 0 Å². The summed E-state index contributed by atoms with van der Waals surface area (Å²) in [5.41, 5.74) is 7.26. The van der Waals surface area contributed by atoms with E-state index in [2.05, 4.69) is 5.32 Å². The van der Waals surface area contributed by atoms with Crippen LogP contribution in [0.5, 0.6) is 0 Å². The SMILES string of the molecule is CC(C)OCc1cccc(NC(=O)[C@@H](C)N)c1. The summed E-state index contributed by atoms with van der Waals surface area (Å²) in [5, 5.41) is 2.75. The zero-order chi connectivity index (χ0) is 12.8. The third-order valence-electron chi connectivity index (χ3n) is 2.19. The molecule has 0 unspecified atom stereocenters. The first-order valence-electron chi connectivity index (χ1n) is 5.76. The third-order valence-corrected chi connectivity index (χ3v) is 2.19. The highest BCUT2D eigenvalue weighted by atomic mass is 16.5. The fourth-order valence-corrected chi connectivity index (χ4v) is 1.26. The molecule has 4 nitrogen and oxygen atoms in total. The minimum atomic E-state index is -0.509. The van der Waals surface area contributed by atoms with Crippen molar-refractivity contribution < 1.29 is 9.53 Å². The molecule has 1 atom stereocenters. The summed E-state index contributed by atoms with van der Waals surface area (Å²) < 4.78 is 5.50. The molecule has 0 radical (unpaired) electrons. The lowest BCUT2D eigenvalue weighted by atomic mass is 10.2. The molecule has 17 heavy (non-hydrogen) atoms. The molecule has 0 heterocycles. The molecule has 1 aromatic rings. The average Bonchev–Trinajstić information content (AvgIpc) is 2.26. The van der Waals surface area contributed by atoms with Crippen molar-refractivity contribution in [3.63, 3.8) is 0 Å². The lowest BCUT2D eigenvalue weighted by Gasteiger charge is -2.11. The van der Waals surface area contributed by atoms with Crippen LogP contribution in [0.15, 0.2) is 24.3 Å². The van der Waals surface area contributed by atoms with Gasteiger partial charge < -0.3 is 15.8 Å². The van der Waals surface area contributed by atoms with Crippen LogP contribution in [0.1, 0.15) is 26.3 Å². The van der Waals surface area contributed by atoms with E-state index < -0.39 is 6.04 Å². The van der Waals surface area contributed by atoms with Crippen molar-refractivity contribution in [1.29, 1.82) is 0 Å². The maximum atomic E-state index is 11.4. The number of nitrogens with two attached hydrogens (primary N) is 1. The van der Waals surface area contributed by atoms with Gasteiger partial charge in [-0.25, -0.2) is 0 Å². The Kier molecular flexibility index (Phi) is 5.12. The Morgan fingerprint density at radius 3 is 2.71 bits per heavy atom. The summed E-state index contributed by atoms with van der Waals surface area (Å²) in [6.07, 6.45) is 0.192. The second-order valence-electron chi connectivity index (χ2n) is 4.34. The van der Waals surface area contributed by atoms with Crippen molar-refractivity contribution in [2.45, 2.75) is 39.5 Å². The van der Waals surface area contributed by atoms with Gasteiger partial charge in [0.15, 0.2) is 0 Å². The molecule has 0 aliphatic carbocycles. The van der Waals surface area contributed by atoms with Crippen LogP contribution < -0.4 is 11.1 Å². The van der Waals surface area contributed by atoms with E-state index in [1.807, 2.05) is 38.1 Å². The highest BCUT2D eigenvalue weighted by molar-refractivity contribution is 5.94. The minimum Gasteiger partial charge on any atom is -0.374 e. The predicted molar refractivity (Wildman–Crippen MR) is 68.6 cm³/mol. The molecular weight excluding hydrogens is 216 g/mol. The maximum Gasteiger partial charge on any atom is 0.240 e. The Hall–Kier alpha value is -1.39. The van der Waals surface area contributed by atoms with Gasteiger partial charge >= 0.3 is 0 Å². The van der Waals surface area contributed by atoms with E-state index in [0.29, 0.717) is 6.61 Å². The van der Waals surface area contributed by atoms with Crippen LogP contribution in [0.3, 0.4) is 0 Å². The van der Waals surface area contributed by atoms with E-state index in [9.17, 15) is 4.79 Å². The number of carbonyl (C=O) groups excluding carboxylic acids is 1. The average molecular weight is 236 g/mol. The van der Waals surface area contributed by atoms with E-state index in [4.69, 9.17) is 10.5 Å². The van der Waals surface area contributed by atoms with Gasteiger partial charge in [-0.1, -0.05) is 12.1 Å². The fraction of sp³-hybridized carbons (Fsp3) is 0.462. The van der Waals surface area contributed by atoms with Gasteiger partial charge in [-0.05, 0) is 38.5 Å². The van der Waals surface area contributed by atoms with Gasteiger partial charge in [0.1, 0.15) is 0 Å². The van der Waals surface area contributed by atoms with Gasteiger partial charge in [0.2, 0.25) is 5.91 Å². The van der Waals surface area contributed by atoms with E-state index in [0.717, 1.165) is 11.3 Å². The van der Waals surface area contributed by atoms with Gasteiger partial charge in [-0.3, -0.25) is 4.79 Å². The first kappa shape index (κ1) is 13.7. The molecular formula is C13H20N2O2. The summed E-state index contributed by atoms with van der Waals surface area (Å²) in [6, 6.07) is 7.06. The Morgan fingerprint density at radius 2 is 2.12 bits per heavy atom. The Balaban J connectivity index is 2.62. The Bertz CT molecular complexity index is 375. The first-order chi connectivity index (χ1) is 7.99. The minimum absolute atomic E-state index is 0.188. The molecule has 0 spiro atoms. The quantitative estimate of drug-likeness (QED) is 0.820. The van der Waals surface area contributed by atoms with Crippen LogP contribution in [-0.2, 0) is 16.1 Å². The molecule has 0 fully saturated rings. The molecule has 0 bridgehead atoms.